The van der Waals surface area contributed by atoms with Crippen LogP contribution in [0.1, 0.15) is 47.0 Å². The second-order valence-electron chi connectivity index (χ2n) is 6.54. The lowest BCUT2D eigenvalue weighted by Gasteiger charge is -2.43. The molecule has 0 radical (unpaired) electrons. The predicted molar refractivity (Wildman–Crippen MR) is 83.6 cm³/mol. The lowest BCUT2D eigenvalue weighted by molar-refractivity contribution is -0.157. The van der Waals surface area contributed by atoms with Crippen molar-refractivity contribution in [2.24, 2.45) is 23.7 Å². The molecule has 118 valence electrons. The number of aliphatic hydroxyl groups excluding tert-OH is 1. The van der Waals surface area contributed by atoms with Gasteiger partial charge in [-0.25, -0.2) is 0 Å². The molecule has 0 bridgehead atoms. The SMILES string of the molecule is CCC(C)C(=O)OC1CC=CC2=CC(O)C(C)C(CC)C21. The molecule has 2 rings (SSSR count). The molecule has 6 atom stereocenters. The van der Waals surface area contributed by atoms with Gasteiger partial charge in [-0.1, -0.05) is 52.3 Å². The molecule has 0 aromatic heterocycles. The third-order valence-corrected chi connectivity index (χ3v) is 5.26. The maximum Gasteiger partial charge on any atom is 0.308 e. The van der Waals surface area contributed by atoms with Gasteiger partial charge in [-0.2, -0.15) is 0 Å². The number of aliphatic hydroxyl groups is 1. The highest BCUT2D eigenvalue weighted by atomic mass is 16.5. The molecule has 0 saturated heterocycles. The molecule has 0 fully saturated rings. The Balaban J connectivity index is 2.22. The smallest absolute Gasteiger partial charge is 0.308 e. The van der Waals surface area contributed by atoms with Crippen LogP contribution in [0.4, 0.5) is 0 Å². The van der Waals surface area contributed by atoms with Gasteiger partial charge in [0.25, 0.3) is 0 Å². The first kappa shape index (κ1) is 16.3. The zero-order chi connectivity index (χ0) is 15.6. The van der Waals surface area contributed by atoms with Crippen LogP contribution in [0, 0.1) is 23.7 Å². The van der Waals surface area contributed by atoms with Gasteiger partial charge in [0.05, 0.1) is 12.0 Å². The van der Waals surface area contributed by atoms with Gasteiger partial charge in [-0.05, 0) is 23.8 Å². The molecular weight excluding hydrogens is 264 g/mol. The second-order valence-corrected chi connectivity index (χ2v) is 6.54. The van der Waals surface area contributed by atoms with Gasteiger partial charge in [-0.3, -0.25) is 4.79 Å². The standard InChI is InChI=1S/C18H28O3/c1-5-11(3)18(20)21-16-9-7-8-13-10-15(19)12(4)14(6-2)17(13)16/h7-8,10-12,14-17,19H,5-6,9H2,1-4H3. The quantitative estimate of drug-likeness (QED) is 0.807. The van der Waals surface area contributed by atoms with Crippen LogP contribution in [0.2, 0.25) is 0 Å². The highest BCUT2D eigenvalue weighted by Crippen LogP contribution is 2.43. The normalized spacial score (nSPS) is 36.6. The van der Waals surface area contributed by atoms with Gasteiger partial charge in [-0.15, -0.1) is 0 Å². The van der Waals surface area contributed by atoms with Crippen LogP contribution in [-0.2, 0) is 9.53 Å². The Kier molecular flexibility index (Phi) is 5.26. The zero-order valence-electron chi connectivity index (χ0n) is 13.6. The monoisotopic (exact) mass is 292 g/mol. The van der Waals surface area contributed by atoms with Crippen molar-refractivity contribution in [1.82, 2.24) is 0 Å². The van der Waals surface area contributed by atoms with E-state index in [-0.39, 0.29) is 29.8 Å². The molecule has 0 aliphatic heterocycles. The summed E-state index contributed by atoms with van der Waals surface area (Å²) in [6, 6.07) is 0. The molecule has 21 heavy (non-hydrogen) atoms. The number of hydrogen-bond acceptors (Lipinski definition) is 3. The fourth-order valence-corrected chi connectivity index (χ4v) is 3.61. The van der Waals surface area contributed by atoms with Gasteiger partial charge in [0.2, 0.25) is 0 Å². The summed E-state index contributed by atoms with van der Waals surface area (Å²) in [5.41, 5.74) is 1.14. The number of rotatable bonds is 4. The summed E-state index contributed by atoms with van der Waals surface area (Å²) in [5.74, 6) is 0.659. The molecule has 6 unspecified atom stereocenters. The molecule has 1 N–H and O–H groups in total. The number of fused-ring (bicyclic) bond motifs is 1. The highest BCUT2D eigenvalue weighted by molar-refractivity contribution is 5.72. The topological polar surface area (TPSA) is 46.5 Å². The predicted octanol–water partition coefficient (Wildman–Crippen LogP) is 3.48. The average molecular weight is 292 g/mol. The highest BCUT2D eigenvalue weighted by Gasteiger charge is 2.42. The Hall–Kier alpha value is -1.09. The Morgan fingerprint density at radius 1 is 1.48 bits per heavy atom. The van der Waals surface area contributed by atoms with Gasteiger partial charge in [0.1, 0.15) is 6.10 Å². The fourth-order valence-electron chi connectivity index (χ4n) is 3.61. The molecule has 3 nitrogen and oxygen atoms in total. The van der Waals surface area contributed by atoms with E-state index in [0.29, 0.717) is 5.92 Å². The first-order chi connectivity index (χ1) is 9.99. The van der Waals surface area contributed by atoms with Crippen molar-refractivity contribution in [3.8, 4) is 0 Å². The molecule has 0 spiro atoms. The summed E-state index contributed by atoms with van der Waals surface area (Å²) in [4.78, 5) is 12.1. The lowest BCUT2D eigenvalue weighted by Crippen LogP contribution is -2.43. The molecular formula is C18H28O3. The largest absolute Gasteiger partial charge is 0.461 e. The van der Waals surface area contributed by atoms with E-state index in [9.17, 15) is 9.90 Å². The number of hydrogen-bond donors (Lipinski definition) is 1. The van der Waals surface area contributed by atoms with Crippen LogP contribution in [0.5, 0.6) is 0 Å². The van der Waals surface area contributed by atoms with Crippen LogP contribution in [-0.4, -0.2) is 23.3 Å². The van der Waals surface area contributed by atoms with Gasteiger partial charge >= 0.3 is 5.97 Å². The van der Waals surface area contributed by atoms with Crippen molar-refractivity contribution in [1.29, 1.82) is 0 Å². The Morgan fingerprint density at radius 2 is 2.19 bits per heavy atom. The van der Waals surface area contributed by atoms with E-state index in [0.717, 1.165) is 24.8 Å². The zero-order valence-corrected chi connectivity index (χ0v) is 13.6. The Bertz CT molecular complexity index is 438. The first-order valence-corrected chi connectivity index (χ1v) is 8.26. The van der Waals surface area contributed by atoms with Crippen molar-refractivity contribution >= 4 is 5.97 Å². The van der Waals surface area contributed by atoms with E-state index >= 15 is 0 Å². The minimum absolute atomic E-state index is 0.0463. The number of ether oxygens (including phenoxy) is 1. The fraction of sp³-hybridized carbons (Fsp3) is 0.722. The summed E-state index contributed by atoms with van der Waals surface area (Å²) in [7, 11) is 0. The molecule has 0 aromatic rings. The summed E-state index contributed by atoms with van der Waals surface area (Å²) in [6.07, 6.45) is 8.21. The maximum absolute atomic E-state index is 12.1. The molecule has 2 aliphatic carbocycles. The summed E-state index contributed by atoms with van der Waals surface area (Å²) >= 11 is 0. The molecule has 0 amide bonds. The van der Waals surface area contributed by atoms with Crippen molar-refractivity contribution in [2.45, 2.75) is 59.2 Å². The minimum Gasteiger partial charge on any atom is -0.461 e. The Morgan fingerprint density at radius 3 is 2.81 bits per heavy atom. The van der Waals surface area contributed by atoms with Gasteiger partial charge in [0.15, 0.2) is 0 Å². The molecule has 0 heterocycles. The van der Waals surface area contributed by atoms with E-state index in [1.54, 1.807) is 0 Å². The summed E-state index contributed by atoms with van der Waals surface area (Å²) < 4.78 is 5.82. The van der Waals surface area contributed by atoms with E-state index in [2.05, 4.69) is 26.0 Å². The maximum atomic E-state index is 12.1. The van der Waals surface area contributed by atoms with Crippen LogP contribution < -0.4 is 0 Å². The number of allylic oxidation sites excluding steroid dienone is 1. The molecule has 2 aliphatic rings. The summed E-state index contributed by atoms with van der Waals surface area (Å²) in [5, 5.41) is 10.2. The van der Waals surface area contributed by atoms with Crippen molar-refractivity contribution in [3.05, 3.63) is 23.8 Å². The third kappa shape index (κ3) is 3.23. The first-order valence-electron chi connectivity index (χ1n) is 8.26. The van der Waals surface area contributed by atoms with Crippen LogP contribution in [0.3, 0.4) is 0 Å². The van der Waals surface area contributed by atoms with Crippen molar-refractivity contribution in [2.75, 3.05) is 0 Å². The third-order valence-electron chi connectivity index (χ3n) is 5.26. The van der Waals surface area contributed by atoms with E-state index in [4.69, 9.17) is 4.74 Å². The lowest BCUT2D eigenvalue weighted by atomic mass is 9.66. The Labute approximate surface area is 128 Å². The van der Waals surface area contributed by atoms with Crippen LogP contribution in [0.15, 0.2) is 23.8 Å². The number of esters is 1. The average Bonchev–Trinajstić information content (AvgIpc) is 2.48. The van der Waals surface area contributed by atoms with Crippen LogP contribution in [0.25, 0.3) is 0 Å². The minimum atomic E-state index is -0.394. The number of carbonyl (C=O) groups is 1. The van der Waals surface area contributed by atoms with Crippen molar-refractivity contribution < 1.29 is 14.6 Å². The van der Waals surface area contributed by atoms with E-state index < -0.39 is 6.10 Å². The van der Waals surface area contributed by atoms with Crippen molar-refractivity contribution in [3.63, 3.8) is 0 Å². The van der Waals surface area contributed by atoms with Gasteiger partial charge < -0.3 is 9.84 Å². The summed E-state index contributed by atoms with van der Waals surface area (Å²) in [6.45, 7) is 8.18. The molecule has 0 saturated carbocycles. The number of carbonyl (C=O) groups excluding carboxylic acids is 1. The second kappa shape index (κ2) is 6.78. The molecule has 0 aromatic carbocycles. The van der Waals surface area contributed by atoms with Crippen LogP contribution >= 0.6 is 0 Å². The molecule has 3 heteroatoms. The van der Waals surface area contributed by atoms with Gasteiger partial charge in [0, 0.05) is 12.3 Å². The van der Waals surface area contributed by atoms with E-state index in [1.807, 2.05) is 19.9 Å². The van der Waals surface area contributed by atoms with E-state index in [1.165, 1.54) is 0 Å².